The van der Waals surface area contributed by atoms with E-state index in [1.54, 1.807) is 18.7 Å². The third kappa shape index (κ3) is 2.22. The number of rotatable bonds is 3. The molecule has 2 aromatic rings. The number of aromatic nitrogens is 2. The van der Waals surface area contributed by atoms with E-state index >= 15 is 0 Å². The molecule has 21 heavy (non-hydrogen) atoms. The first-order chi connectivity index (χ1) is 9.97. The molecule has 1 atom stereocenters. The van der Waals surface area contributed by atoms with Crippen LogP contribution in [-0.2, 0) is 13.5 Å². The molecule has 0 fully saturated rings. The minimum atomic E-state index is -0.460. The van der Waals surface area contributed by atoms with Gasteiger partial charge in [0.15, 0.2) is 0 Å². The molecule has 5 N–H and O–H groups in total. The zero-order chi connectivity index (χ0) is 15.1. The van der Waals surface area contributed by atoms with E-state index in [9.17, 15) is 4.79 Å². The van der Waals surface area contributed by atoms with Crippen molar-refractivity contribution in [2.24, 2.45) is 12.8 Å². The van der Waals surface area contributed by atoms with Crippen LogP contribution in [0.5, 0.6) is 0 Å². The summed E-state index contributed by atoms with van der Waals surface area (Å²) >= 11 is 0. The predicted molar refractivity (Wildman–Crippen MR) is 82.0 cm³/mol. The molecule has 1 aliphatic rings. The van der Waals surface area contributed by atoms with Gasteiger partial charge in [0, 0.05) is 12.7 Å². The number of aryl methyl sites for hydroxylation is 3. The highest BCUT2D eigenvalue weighted by Crippen LogP contribution is 2.35. The minimum Gasteiger partial charge on any atom is -0.399 e. The first-order valence-electron chi connectivity index (χ1n) is 6.95. The van der Waals surface area contributed by atoms with E-state index in [0.29, 0.717) is 17.1 Å². The van der Waals surface area contributed by atoms with Crippen LogP contribution in [0.25, 0.3) is 0 Å². The standard InChI is InChI=1S/C15H19N5O/c1-8-13(14(17)21)15(20(2)19-8)18-12-6-3-9-7-10(16)4-5-11(9)12/h4-5,7,12,18H,3,6,16H2,1-2H3,(H2,17,21). The van der Waals surface area contributed by atoms with E-state index in [2.05, 4.69) is 10.4 Å². The lowest BCUT2D eigenvalue weighted by atomic mass is 10.1. The van der Waals surface area contributed by atoms with Gasteiger partial charge in [-0.3, -0.25) is 9.48 Å². The second-order valence-corrected chi connectivity index (χ2v) is 5.49. The Balaban J connectivity index is 1.95. The Bertz CT molecular complexity index is 719. The Morgan fingerprint density at radius 3 is 2.95 bits per heavy atom. The topological polar surface area (TPSA) is 99.0 Å². The third-order valence-corrected chi connectivity index (χ3v) is 4.02. The molecule has 6 heteroatoms. The molecule has 1 aliphatic carbocycles. The average molecular weight is 285 g/mol. The summed E-state index contributed by atoms with van der Waals surface area (Å²) in [7, 11) is 1.81. The van der Waals surface area contributed by atoms with Crippen molar-refractivity contribution in [2.45, 2.75) is 25.8 Å². The number of nitrogens with zero attached hydrogens (tertiary/aromatic N) is 2. The van der Waals surface area contributed by atoms with Gasteiger partial charge in [0.2, 0.25) is 0 Å². The van der Waals surface area contributed by atoms with Crippen LogP contribution in [0.3, 0.4) is 0 Å². The molecule has 0 radical (unpaired) electrons. The number of nitrogen functional groups attached to an aromatic ring is 1. The van der Waals surface area contributed by atoms with E-state index in [1.807, 2.05) is 18.2 Å². The number of hydrogen-bond acceptors (Lipinski definition) is 4. The number of benzene rings is 1. The summed E-state index contributed by atoms with van der Waals surface area (Å²) in [6.07, 6.45) is 1.93. The van der Waals surface area contributed by atoms with Crippen LogP contribution in [0.2, 0.25) is 0 Å². The quantitative estimate of drug-likeness (QED) is 0.744. The fourth-order valence-corrected chi connectivity index (χ4v) is 3.07. The maximum atomic E-state index is 11.6. The summed E-state index contributed by atoms with van der Waals surface area (Å²) in [6, 6.07) is 6.11. The Labute approximate surface area is 123 Å². The largest absolute Gasteiger partial charge is 0.399 e. The molecule has 1 heterocycles. The molecule has 0 aliphatic heterocycles. The Morgan fingerprint density at radius 2 is 2.24 bits per heavy atom. The summed E-state index contributed by atoms with van der Waals surface area (Å²) in [5, 5.41) is 7.69. The SMILES string of the molecule is Cc1nn(C)c(NC2CCc3cc(N)ccc32)c1C(N)=O. The van der Waals surface area contributed by atoms with Crippen LogP contribution in [0.15, 0.2) is 18.2 Å². The van der Waals surface area contributed by atoms with E-state index in [-0.39, 0.29) is 6.04 Å². The molecule has 6 nitrogen and oxygen atoms in total. The number of carbonyl (C=O) groups excluding carboxylic acids is 1. The van der Waals surface area contributed by atoms with Gasteiger partial charge < -0.3 is 16.8 Å². The van der Waals surface area contributed by atoms with Crippen LogP contribution in [0.1, 0.15) is 39.6 Å². The van der Waals surface area contributed by atoms with Gasteiger partial charge in [0.05, 0.1) is 11.7 Å². The lowest BCUT2D eigenvalue weighted by Gasteiger charge is -2.16. The molecule has 1 amide bonds. The number of carbonyl (C=O) groups is 1. The maximum Gasteiger partial charge on any atom is 0.254 e. The van der Waals surface area contributed by atoms with E-state index in [1.165, 1.54) is 11.1 Å². The zero-order valence-corrected chi connectivity index (χ0v) is 12.2. The monoisotopic (exact) mass is 285 g/mol. The molecule has 3 rings (SSSR count). The molecule has 0 spiro atoms. The minimum absolute atomic E-state index is 0.147. The Morgan fingerprint density at radius 1 is 1.48 bits per heavy atom. The molecule has 0 bridgehead atoms. The average Bonchev–Trinajstić information content (AvgIpc) is 2.91. The van der Waals surface area contributed by atoms with Crippen molar-refractivity contribution in [3.63, 3.8) is 0 Å². The second-order valence-electron chi connectivity index (χ2n) is 5.49. The Hall–Kier alpha value is -2.50. The highest BCUT2D eigenvalue weighted by Gasteiger charge is 2.26. The molecule has 1 unspecified atom stereocenters. The lowest BCUT2D eigenvalue weighted by Crippen LogP contribution is -2.17. The summed E-state index contributed by atoms with van der Waals surface area (Å²) in [5.74, 6) is 0.216. The molecular weight excluding hydrogens is 266 g/mol. The molecule has 110 valence electrons. The van der Waals surface area contributed by atoms with Crippen LogP contribution >= 0.6 is 0 Å². The van der Waals surface area contributed by atoms with Gasteiger partial charge >= 0.3 is 0 Å². The van der Waals surface area contributed by atoms with E-state index < -0.39 is 5.91 Å². The van der Waals surface area contributed by atoms with Crippen molar-refractivity contribution < 1.29 is 4.79 Å². The van der Waals surface area contributed by atoms with Crippen LogP contribution in [0, 0.1) is 6.92 Å². The van der Waals surface area contributed by atoms with Crippen molar-refractivity contribution in [2.75, 3.05) is 11.1 Å². The zero-order valence-electron chi connectivity index (χ0n) is 12.2. The lowest BCUT2D eigenvalue weighted by molar-refractivity contribution is 0.100. The maximum absolute atomic E-state index is 11.6. The second kappa shape index (κ2) is 4.80. The normalized spacial score (nSPS) is 16.8. The fourth-order valence-electron chi connectivity index (χ4n) is 3.07. The number of anilines is 2. The first kappa shape index (κ1) is 13.5. The van der Waals surface area contributed by atoms with Crippen molar-refractivity contribution in [1.82, 2.24) is 9.78 Å². The predicted octanol–water partition coefficient (Wildman–Crippen LogP) is 1.51. The third-order valence-electron chi connectivity index (χ3n) is 4.02. The first-order valence-corrected chi connectivity index (χ1v) is 6.95. The van der Waals surface area contributed by atoms with Crippen LogP contribution < -0.4 is 16.8 Å². The van der Waals surface area contributed by atoms with Crippen LogP contribution in [0.4, 0.5) is 11.5 Å². The highest BCUT2D eigenvalue weighted by molar-refractivity contribution is 5.99. The highest BCUT2D eigenvalue weighted by atomic mass is 16.1. The van der Waals surface area contributed by atoms with Crippen molar-refractivity contribution in [3.8, 4) is 0 Å². The smallest absolute Gasteiger partial charge is 0.254 e. The number of primary amides is 1. The summed E-state index contributed by atoms with van der Waals surface area (Å²) in [6.45, 7) is 1.79. The van der Waals surface area contributed by atoms with Crippen molar-refractivity contribution in [1.29, 1.82) is 0 Å². The van der Waals surface area contributed by atoms with Gasteiger partial charge in [-0.1, -0.05) is 6.07 Å². The van der Waals surface area contributed by atoms with Gasteiger partial charge in [0.25, 0.3) is 5.91 Å². The number of nitrogens with two attached hydrogens (primary N) is 2. The van der Waals surface area contributed by atoms with Crippen molar-refractivity contribution >= 4 is 17.4 Å². The fraction of sp³-hybridized carbons (Fsp3) is 0.333. The molecule has 0 saturated carbocycles. The molecular formula is C15H19N5O. The number of nitrogens with one attached hydrogen (secondary N) is 1. The van der Waals surface area contributed by atoms with Gasteiger partial charge in [-0.2, -0.15) is 5.10 Å². The molecule has 1 aromatic heterocycles. The molecule has 0 saturated heterocycles. The van der Waals surface area contributed by atoms with E-state index in [0.717, 1.165) is 18.5 Å². The van der Waals surface area contributed by atoms with Gasteiger partial charge in [-0.05, 0) is 43.0 Å². The van der Waals surface area contributed by atoms with Gasteiger partial charge in [-0.15, -0.1) is 0 Å². The number of amides is 1. The van der Waals surface area contributed by atoms with Crippen LogP contribution in [-0.4, -0.2) is 15.7 Å². The Kier molecular flexibility index (Phi) is 3.08. The van der Waals surface area contributed by atoms with E-state index in [4.69, 9.17) is 11.5 Å². The number of hydrogen-bond donors (Lipinski definition) is 3. The number of fused-ring (bicyclic) bond motifs is 1. The van der Waals surface area contributed by atoms with Crippen molar-refractivity contribution in [3.05, 3.63) is 40.6 Å². The summed E-state index contributed by atoms with van der Waals surface area (Å²) in [5.41, 5.74) is 15.7. The van der Waals surface area contributed by atoms with Gasteiger partial charge in [0.1, 0.15) is 11.4 Å². The molecule has 1 aromatic carbocycles. The summed E-state index contributed by atoms with van der Waals surface area (Å²) in [4.78, 5) is 11.6. The summed E-state index contributed by atoms with van der Waals surface area (Å²) < 4.78 is 1.67. The van der Waals surface area contributed by atoms with Gasteiger partial charge in [-0.25, -0.2) is 0 Å².